The van der Waals surface area contributed by atoms with E-state index in [1.54, 1.807) is 0 Å². The molecule has 156 valence electrons. The number of nitrogens with two attached hydrogens (primary N) is 1. The van der Waals surface area contributed by atoms with E-state index in [1.165, 1.54) is 22.5 Å². The van der Waals surface area contributed by atoms with Crippen LogP contribution in [0.15, 0.2) is 66.0 Å². The van der Waals surface area contributed by atoms with Crippen molar-refractivity contribution >= 4 is 41.8 Å². The second-order valence-corrected chi connectivity index (χ2v) is 8.42. The Morgan fingerprint density at radius 1 is 1.00 bits per heavy atom. The van der Waals surface area contributed by atoms with Crippen molar-refractivity contribution in [2.24, 2.45) is 5.73 Å². The van der Waals surface area contributed by atoms with Crippen molar-refractivity contribution in [3.63, 3.8) is 0 Å². The number of carbonyl (C=O) groups excluding carboxylic acids is 1. The van der Waals surface area contributed by atoms with Gasteiger partial charge in [-0.05, 0) is 52.5 Å². The van der Waals surface area contributed by atoms with E-state index in [9.17, 15) is 4.79 Å². The van der Waals surface area contributed by atoms with Gasteiger partial charge in [0.05, 0.1) is 4.88 Å². The molecule has 1 aliphatic heterocycles. The third-order valence-electron chi connectivity index (χ3n) is 5.54. The lowest BCUT2D eigenvalue weighted by Gasteiger charge is -2.32. The Balaban J connectivity index is 0.00000256. The molecule has 0 spiro atoms. The van der Waals surface area contributed by atoms with Crippen molar-refractivity contribution in [2.75, 3.05) is 13.1 Å². The summed E-state index contributed by atoms with van der Waals surface area (Å²) in [5.74, 6) is 0.668. The van der Waals surface area contributed by atoms with Crippen LogP contribution in [0, 0.1) is 0 Å². The number of hydrogen-bond acceptors (Lipinski definition) is 3. The highest BCUT2D eigenvalue weighted by Gasteiger charge is 2.25. The number of hydrogen-bond donors (Lipinski definition) is 1. The molecule has 1 amide bonds. The quantitative estimate of drug-likeness (QED) is 0.545. The van der Waals surface area contributed by atoms with Crippen molar-refractivity contribution in [3.05, 3.63) is 93.2 Å². The summed E-state index contributed by atoms with van der Waals surface area (Å²) in [6.45, 7) is 2.19. The predicted octanol–water partition coefficient (Wildman–Crippen LogP) is 5.82. The standard InChI is InChI=1S/C25H26N2OS.ClH/c26-17-20-7-4-8-23(15-20)22-11-13-27(14-12-22)25(28)24-16-21(18-29-24)10-9-19-5-2-1-3-6-19;/h1-10,15-16,18,22H,11-14,17,26H2;1H. The Bertz CT molecular complexity index is 991. The SMILES string of the molecule is Cl.NCc1cccc(C2CCN(C(=O)c3cc(C=Cc4ccccc4)cs3)CC2)c1. The minimum atomic E-state index is 0. The Labute approximate surface area is 188 Å². The van der Waals surface area contributed by atoms with Crippen LogP contribution < -0.4 is 5.73 Å². The second kappa shape index (κ2) is 10.6. The molecule has 1 aliphatic rings. The van der Waals surface area contributed by atoms with Crippen LogP contribution in [0.5, 0.6) is 0 Å². The van der Waals surface area contributed by atoms with Crippen LogP contribution in [0.3, 0.4) is 0 Å². The smallest absolute Gasteiger partial charge is 0.263 e. The Hall–Kier alpha value is -2.40. The van der Waals surface area contributed by atoms with Gasteiger partial charge in [-0.1, -0.05) is 66.7 Å². The van der Waals surface area contributed by atoms with Crippen molar-refractivity contribution in [3.8, 4) is 0 Å². The number of likely N-dealkylation sites (tertiary alicyclic amines) is 1. The minimum Gasteiger partial charge on any atom is -0.338 e. The number of carbonyl (C=O) groups is 1. The van der Waals surface area contributed by atoms with Crippen molar-refractivity contribution in [2.45, 2.75) is 25.3 Å². The predicted molar refractivity (Wildman–Crippen MR) is 129 cm³/mol. The summed E-state index contributed by atoms with van der Waals surface area (Å²) in [5, 5.41) is 2.05. The molecule has 0 aliphatic carbocycles. The number of nitrogens with zero attached hydrogens (tertiary/aromatic N) is 1. The van der Waals surface area contributed by atoms with E-state index in [0.29, 0.717) is 12.5 Å². The molecule has 1 aromatic heterocycles. The highest BCUT2D eigenvalue weighted by molar-refractivity contribution is 7.12. The van der Waals surface area contributed by atoms with Gasteiger partial charge in [0.2, 0.25) is 0 Å². The molecule has 0 radical (unpaired) electrons. The van der Waals surface area contributed by atoms with Crippen LogP contribution in [0.25, 0.3) is 12.2 Å². The molecule has 2 aromatic carbocycles. The molecule has 3 nitrogen and oxygen atoms in total. The molecule has 0 saturated carbocycles. The van der Waals surface area contributed by atoms with Gasteiger partial charge in [-0.25, -0.2) is 0 Å². The first-order chi connectivity index (χ1) is 14.2. The first-order valence-electron chi connectivity index (χ1n) is 10.1. The molecule has 2 heterocycles. The van der Waals surface area contributed by atoms with E-state index in [0.717, 1.165) is 41.9 Å². The second-order valence-electron chi connectivity index (χ2n) is 7.50. The molecule has 0 unspecified atom stereocenters. The van der Waals surface area contributed by atoms with Crippen molar-refractivity contribution in [1.29, 1.82) is 0 Å². The minimum absolute atomic E-state index is 0. The van der Waals surface area contributed by atoms with Gasteiger partial charge in [-0.2, -0.15) is 0 Å². The average Bonchev–Trinajstić information content (AvgIpc) is 3.27. The summed E-state index contributed by atoms with van der Waals surface area (Å²) >= 11 is 1.53. The summed E-state index contributed by atoms with van der Waals surface area (Å²) in [5.41, 5.74) is 10.5. The van der Waals surface area contributed by atoms with Crippen LogP contribution in [0.2, 0.25) is 0 Å². The highest BCUT2D eigenvalue weighted by Crippen LogP contribution is 2.30. The molecule has 1 saturated heterocycles. The molecule has 3 aromatic rings. The van der Waals surface area contributed by atoms with E-state index in [4.69, 9.17) is 5.73 Å². The summed E-state index contributed by atoms with van der Waals surface area (Å²) in [7, 11) is 0. The maximum absolute atomic E-state index is 12.9. The molecular formula is C25H27ClN2OS. The number of thiophene rings is 1. The number of rotatable bonds is 5. The fourth-order valence-corrected chi connectivity index (χ4v) is 4.70. The molecule has 0 bridgehead atoms. The summed E-state index contributed by atoms with van der Waals surface area (Å²) in [6, 6.07) is 20.8. The topological polar surface area (TPSA) is 46.3 Å². The lowest BCUT2D eigenvalue weighted by atomic mass is 9.88. The third kappa shape index (κ3) is 5.39. The molecular weight excluding hydrogens is 412 g/mol. The van der Waals surface area contributed by atoms with E-state index < -0.39 is 0 Å². The molecule has 0 atom stereocenters. The van der Waals surface area contributed by atoms with Crippen LogP contribution >= 0.6 is 23.7 Å². The fourth-order valence-electron chi connectivity index (χ4n) is 3.85. The molecule has 4 rings (SSSR count). The average molecular weight is 439 g/mol. The van der Waals surface area contributed by atoms with E-state index in [2.05, 4.69) is 53.9 Å². The first kappa shape index (κ1) is 22.3. The molecule has 1 fully saturated rings. The maximum Gasteiger partial charge on any atom is 0.263 e. The third-order valence-corrected chi connectivity index (χ3v) is 6.48. The number of benzene rings is 2. The van der Waals surface area contributed by atoms with Crippen molar-refractivity contribution in [1.82, 2.24) is 4.90 Å². The van der Waals surface area contributed by atoms with Gasteiger partial charge < -0.3 is 10.6 Å². The first-order valence-corrected chi connectivity index (χ1v) is 11.0. The Kier molecular flexibility index (Phi) is 7.86. The van der Waals surface area contributed by atoms with Gasteiger partial charge in [-0.15, -0.1) is 23.7 Å². The zero-order chi connectivity index (χ0) is 20.1. The van der Waals surface area contributed by atoms with Gasteiger partial charge in [0.25, 0.3) is 5.91 Å². The largest absolute Gasteiger partial charge is 0.338 e. The van der Waals surface area contributed by atoms with Crippen LogP contribution in [0.4, 0.5) is 0 Å². The molecule has 5 heteroatoms. The van der Waals surface area contributed by atoms with Gasteiger partial charge >= 0.3 is 0 Å². The summed E-state index contributed by atoms with van der Waals surface area (Å²) in [4.78, 5) is 15.7. The van der Waals surface area contributed by atoms with Crippen LogP contribution in [-0.4, -0.2) is 23.9 Å². The van der Waals surface area contributed by atoms with Gasteiger partial charge in [0.15, 0.2) is 0 Å². The zero-order valence-electron chi connectivity index (χ0n) is 16.9. The number of halogens is 1. The van der Waals surface area contributed by atoms with E-state index in [1.807, 2.05) is 29.2 Å². The van der Waals surface area contributed by atoms with Gasteiger partial charge in [-0.3, -0.25) is 4.79 Å². The maximum atomic E-state index is 12.9. The lowest BCUT2D eigenvalue weighted by molar-refractivity contribution is 0.0718. The zero-order valence-corrected chi connectivity index (χ0v) is 18.5. The van der Waals surface area contributed by atoms with Crippen molar-refractivity contribution < 1.29 is 4.79 Å². The highest BCUT2D eigenvalue weighted by atomic mass is 35.5. The lowest BCUT2D eigenvalue weighted by Crippen LogP contribution is -2.37. The van der Waals surface area contributed by atoms with E-state index >= 15 is 0 Å². The molecule has 30 heavy (non-hydrogen) atoms. The summed E-state index contributed by atoms with van der Waals surface area (Å²) < 4.78 is 0. The van der Waals surface area contributed by atoms with Crippen LogP contribution in [0.1, 0.15) is 50.7 Å². The van der Waals surface area contributed by atoms with Gasteiger partial charge in [0, 0.05) is 19.6 Å². The number of piperidine rings is 1. The summed E-state index contributed by atoms with van der Waals surface area (Å²) in [6.07, 6.45) is 6.16. The van der Waals surface area contributed by atoms with E-state index in [-0.39, 0.29) is 18.3 Å². The number of amides is 1. The Morgan fingerprint density at radius 3 is 2.47 bits per heavy atom. The molecule has 2 N–H and O–H groups in total. The normalized spacial score (nSPS) is 14.6. The van der Waals surface area contributed by atoms with Crippen LogP contribution in [-0.2, 0) is 6.54 Å². The fraction of sp³-hybridized carbons (Fsp3) is 0.240. The Morgan fingerprint density at radius 2 is 1.73 bits per heavy atom. The monoisotopic (exact) mass is 438 g/mol. The van der Waals surface area contributed by atoms with Gasteiger partial charge in [0.1, 0.15) is 0 Å².